The number of nitro groups is 1. The van der Waals surface area contributed by atoms with Crippen molar-refractivity contribution >= 4 is 16.5 Å². The number of benzene rings is 2. The summed E-state index contributed by atoms with van der Waals surface area (Å²) in [7, 11) is 0. The first-order valence-corrected chi connectivity index (χ1v) is 6.64. The summed E-state index contributed by atoms with van der Waals surface area (Å²) in [4.78, 5) is 10.6. The molecule has 0 fully saturated rings. The summed E-state index contributed by atoms with van der Waals surface area (Å²) in [5.74, 6) is 0.662. The van der Waals surface area contributed by atoms with Crippen molar-refractivity contribution in [3.63, 3.8) is 0 Å². The maximum absolute atomic E-state index is 11.0. The number of non-ortho nitro benzene ring substituents is 1. The molecule has 0 unspecified atom stereocenters. The molecule has 0 bridgehead atoms. The molecule has 2 aromatic rings. The van der Waals surface area contributed by atoms with E-state index in [9.17, 15) is 10.1 Å². The Morgan fingerprint density at radius 3 is 2.50 bits per heavy atom. The van der Waals surface area contributed by atoms with Gasteiger partial charge >= 0.3 is 0 Å². The minimum Gasteiger partial charge on any atom is -0.493 e. The summed E-state index contributed by atoms with van der Waals surface area (Å²) < 4.78 is 5.70. The lowest BCUT2D eigenvalue weighted by Gasteiger charge is -2.09. The van der Waals surface area contributed by atoms with Gasteiger partial charge in [-0.2, -0.15) is 0 Å². The van der Waals surface area contributed by atoms with E-state index in [-0.39, 0.29) is 17.2 Å². The Balaban J connectivity index is 2.18. The van der Waals surface area contributed by atoms with Crippen LogP contribution in [0.4, 0.5) is 5.69 Å². The Bertz CT molecular complexity index is 597. The number of hydrogen-bond acceptors (Lipinski definition) is 4. The zero-order chi connectivity index (χ0) is 14.4. The number of nitrogens with zero attached hydrogens (tertiary/aromatic N) is 1. The maximum Gasteiger partial charge on any atom is 0.277 e. The zero-order valence-corrected chi connectivity index (χ0v) is 11.1. The van der Waals surface area contributed by atoms with Gasteiger partial charge in [0.05, 0.1) is 16.9 Å². The second-order valence-electron chi connectivity index (χ2n) is 4.52. The molecule has 5 heteroatoms. The van der Waals surface area contributed by atoms with Gasteiger partial charge < -0.3 is 9.84 Å². The Morgan fingerprint density at radius 1 is 1.05 bits per heavy atom. The van der Waals surface area contributed by atoms with Gasteiger partial charge in [-0.25, -0.2) is 0 Å². The normalized spacial score (nSPS) is 10.7. The molecule has 0 aliphatic carbocycles. The maximum atomic E-state index is 11.0. The monoisotopic (exact) mass is 275 g/mol. The molecule has 0 saturated carbocycles. The first kappa shape index (κ1) is 14.3. The molecular weight excluding hydrogens is 258 g/mol. The van der Waals surface area contributed by atoms with E-state index in [0.717, 1.165) is 24.6 Å². The highest BCUT2D eigenvalue weighted by Crippen LogP contribution is 2.32. The van der Waals surface area contributed by atoms with Crippen molar-refractivity contribution in [3.05, 3.63) is 46.5 Å². The number of unbranched alkanes of at least 4 members (excludes halogenated alkanes) is 2. The van der Waals surface area contributed by atoms with Gasteiger partial charge in [0.1, 0.15) is 5.75 Å². The Labute approximate surface area is 116 Å². The molecule has 2 aromatic carbocycles. The fraction of sp³-hybridized carbons (Fsp3) is 0.333. The number of fused-ring (bicyclic) bond motifs is 1. The summed E-state index contributed by atoms with van der Waals surface area (Å²) >= 11 is 0. The number of aliphatic hydroxyl groups excluding tert-OH is 1. The van der Waals surface area contributed by atoms with Crippen molar-refractivity contribution in [1.82, 2.24) is 0 Å². The highest BCUT2D eigenvalue weighted by atomic mass is 16.6. The molecule has 0 aliphatic heterocycles. The molecule has 5 nitrogen and oxygen atoms in total. The molecule has 106 valence electrons. The van der Waals surface area contributed by atoms with Gasteiger partial charge in [0.15, 0.2) is 0 Å². The average molecular weight is 275 g/mol. The van der Waals surface area contributed by atoms with Crippen molar-refractivity contribution in [3.8, 4) is 5.75 Å². The molecule has 1 N–H and O–H groups in total. The van der Waals surface area contributed by atoms with Gasteiger partial charge in [-0.3, -0.25) is 10.1 Å². The largest absolute Gasteiger partial charge is 0.493 e. The van der Waals surface area contributed by atoms with Gasteiger partial charge in [-0.15, -0.1) is 0 Å². The van der Waals surface area contributed by atoms with Crippen molar-refractivity contribution in [2.75, 3.05) is 13.2 Å². The molecular formula is C15H17NO4. The minimum atomic E-state index is -0.382. The minimum absolute atomic E-state index is 0.0910. The number of nitro benzene ring substituents is 1. The van der Waals surface area contributed by atoms with Crippen LogP contribution in [0.5, 0.6) is 5.75 Å². The van der Waals surface area contributed by atoms with Crippen LogP contribution in [-0.4, -0.2) is 23.2 Å². The lowest BCUT2D eigenvalue weighted by molar-refractivity contribution is -0.383. The van der Waals surface area contributed by atoms with Gasteiger partial charge in [0.2, 0.25) is 0 Å². The third-order valence-corrected chi connectivity index (χ3v) is 3.12. The van der Waals surface area contributed by atoms with Crippen LogP contribution in [0.25, 0.3) is 10.8 Å². The second-order valence-corrected chi connectivity index (χ2v) is 4.52. The summed E-state index contributed by atoms with van der Waals surface area (Å²) in [6.07, 6.45) is 2.53. The van der Waals surface area contributed by atoms with Crippen LogP contribution in [0.3, 0.4) is 0 Å². The third kappa shape index (κ3) is 3.24. The highest BCUT2D eigenvalue weighted by molar-refractivity contribution is 5.95. The first-order chi connectivity index (χ1) is 9.74. The van der Waals surface area contributed by atoms with Crippen LogP contribution in [-0.2, 0) is 0 Å². The molecule has 0 atom stereocenters. The van der Waals surface area contributed by atoms with E-state index in [1.54, 1.807) is 18.2 Å². The molecule has 0 radical (unpaired) electrons. The molecule has 0 saturated heterocycles. The zero-order valence-electron chi connectivity index (χ0n) is 11.1. The van der Waals surface area contributed by atoms with E-state index < -0.39 is 0 Å². The standard InChI is InChI=1S/C15H17NO4/c17-10-4-1-5-11-20-15-9-8-14(16(18)19)12-6-2-3-7-13(12)15/h2-3,6-9,17H,1,4-5,10-11H2. The summed E-state index contributed by atoms with van der Waals surface area (Å²) in [6, 6.07) is 10.3. The Kier molecular flexibility index (Phi) is 4.90. The number of rotatable bonds is 7. The molecule has 0 amide bonds. The summed E-state index contributed by atoms with van der Waals surface area (Å²) in [6.45, 7) is 0.738. The fourth-order valence-electron chi connectivity index (χ4n) is 2.11. The number of aliphatic hydroxyl groups is 1. The molecule has 0 heterocycles. The van der Waals surface area contributed by atoms with Crippen LogP contribution in [0.1, 0.15) is 19.3 Å². The predicted molar refractivity (Wildman–Crippen MR) is 77.0 cm³/mol. The van der Waals surface area contributed by atoms with Gasteiger partial charge in [-0.1, -0.05) is 18.2 Å². The quantitative estimate of drug-likeness (QED) is 0.478. The van der Waals surface area contributed by atoms with Crippen LogP contribution < -0.4 is 4.74 Å². The molecule has 20 heavy (non-hydrogen) atoms. The van der Waals surface area contributed by atoms with E-state index in [1.807, 2.05) is 12.1 Å². The van der Waals surface area contributed by atoms with E-state index in [4.69, 9.17) is 9.84 Å². The smallest absolute Gasteiger partial charge is 0.277 e. The van der Waals surface area contributed by atoms with Crippen molar-refractivity contribution in [2.45, 2.75) is 19.3 Å². The number of ether oxygens (including phenoxy) is 1. The lowest BCUT2D eigenvalue weighted by Crippen LogP contribution is -1.99. The first-order valence-electron chi connectivity index (χ1n) is 6.64. The van der Waals surface area contributed by atoms with Crippen molar-refractivity contribution < 1.29 is 14.8 Å². The summed E-state index contributed by atoms with van der Waals surface area (Å²) in [5, 5.41) is 21.0. The van der Waals surface area contributed by atoms with Crippen LogP contribution in [0.15, 0.2) is 36.4 Å². The van der Waals surface area contributed by atoms with E-state index in [0.29, 0.717) is 17.7 Å². The van der Waals surface area contributed by atoms with Crippen molar-refractivity contribution in [2.24, 2.45) is 0 Å². The highest BCUT2D eigenvalue weighted by Gasteiger charge is 2.14. The van der Waals surface area contributed by atoms with E-state index in [2.05, 4.69) is 0 Å². The fourth-order valence-corrected chi connectivity index (χ4v) is 2.11. The second kappa shape index (κ2) is 6.86. The van der Waals surface area contributed by atoms with E-state index in [1.165, 1.54) is 6.07 Å². The van der Waals surface area contributed by atoms with Crippen LogP contribution in [0, 0.1) is 10.1 Å². The Hall–Kier alpha value is -2.14. The lowest BCUT2D eigenvalue weighted by atomic mass is 10.1. The molecule has 0 aliphatic rings. The molecule has 0 spiro atoms. The van der Waals surface area contributed by atoms with Crippen LogP contribution in [0.2, 0.25) is 0 Å². The summed E-state index contributed by atoms with van der Waals surface area (Å²) in [5.41, 5.74) is 0.0910. The van der Waals surface area contributed by atoms with Crippen molar-refractivity contribution in [1.29, 1.82) is 0 Å². The molecule has 2 rings (SSSR count). The third-order valence-electron chi connectivity index (χ3n) is 3.12. The average Bonchev–Trinajstić information content (AvgIpc) is 2.46. The Morgan fingerprint density at radius 2 is 1.80 bits per heavy atom. The van der Waals surface area contributed by atoms with Gasteiger partial charge in [-0.05, 0) is 31.4 Å². The van der Waals surface area contributed by atoms with E-state index >= 15 is 0 Å². The van der Waals surface area contributed by atoms with Crippen LogP contribution >= 0.6 is 0 Å². The topological polar surface area (TPSA) is 72.6 Å². The van der Waals surface area contributed by atoms with Gasteiger partial charge in [0.25, 0.3) is 5.69 Å². The predicted octanol–water partition coefficient (Wildman–Crippen LogP) is 3.29. The number of hydrogen-bond donors (Lipinski definition) is 1. The van der Waals surface area contributed by atoms with Gasteiger partial charge in [0, 0.05) is 18.1 Å². The SMILES string of the molecule is O=[N+]([O-])c1ccc(OCCCCCO)c2ccccc12. The molecule has 0 aromatic heterocycles.